The van der Waals surface area contributed by atoms with Gasteiger partial charge in [0, 0.05) is 11.3 Å². The lowest BCUT2D eigenvalue weighted by Gasteiger charge is -2.15. The van der Waals surface area contributed by atoms with Crippen LogP contribution in [0.1, 0.15) is 34.3 Å². The van der Waals surface area contributed by atoms with Crippen molar-refractivity contribution in [3.05, 3.63) is 71.7 Å². The number of ether oxygens (including phenoxy) is 1. The highest BCUT2D eigenvalue weighted by Gasteiger charge is 2.32. The number of hydrogen-bond acceptors (Lipinski definition) is 6. The Bertz CT molecular complexity index is 1560. The van der Waals surface area contributed by atoms with Gasteiger partial charge in [-0.25, -0.2) is 18.4 Å². The number of sulfone groups is 1. The molecule has 35 heavy (non-hydrogen) atoms. The lowest BCUT2D eigenvalue weighted by atomic mass is 10.1. The number of hydrogen-bond donors (Lipinski definition) is 1. The Morgan fingerprint density at radius 1 is 1.09 bits per heavy atom. The van der Waals surface area contributed by atoms with Gasteiger partial charge in [0.25, 0.3) is 5.91 Å². The van der Waals surface area contributed by atoms with Crippen LogP contribution in [0.25, 0.3) is 22.3 Å². The molecule has 1 saturated heterocycles. The van der Waals surface area contributed by atoms with Crippen molar-refractivity contribution in [2.45, 2.75) is 26.3 Å². The highest BCUT2D eigenvalue weighted by molar-refractivity contribution is 7.91. The van der Waals surface area contributed by atoms with Gasteiger partial charge in [0.1, 0.15) is 17.1 Å². The molecule has 9 heteroatoms. The quantitative estimate of drug-likeness (QED) is 0.447. The van der Waals surface area contributed by atoms with Gasteiger partial charge in [-0.2, -0.15) is 0 Å². The summed E-state index contributed by atoms with van der Waals surface area (Å²) in [6.45, 7) is 3.75. The van der Waals surface area contributed by atoms with Crippen LogP contribution >= 0.6 is 0 Å². The molecule has 2 aromatic carbocycles. The molecular weight excluding hydrogens is 464 g/mol. The van der Waals surface area contributed by atoms with Crippen molar-refractivity contribution >= 4 is 32.5 Å². The Morgan fingerprint density at radius 2 is 1.89 bits per heavy atom. The minimum Gasteiger partial charge on any atom is -0.497 e. The van der Waals surface area contributed by atoms with Gasteiger partial charge in [-0.05, 0) is 50.1 Å². The fraction of sp³-hybridized carbons (Fsp3) is 0.269. The van der Waals surface area contributed by atoms with E-state index >= 15 is 0 Å². The van der Waals surface area contributed by atoms with Crippen LogP contribution in [0.2, 0.25) is 0 Å². The second-order valence-corrected chi connectivity index (χ2v) is 11.0. The monoisotopic (exact) mass is 490 g/mol. The molecule has 1 fully saturated rings. The van der Waals surface area contributed by atoms with Gasteiger partial charge in [-0.1, -0.05) is 30.3 Å². The number of fused-ring (bicyclic) bond motifs is 1. The lowest BCUT2D eigenvalue weighted by Crippen LogP contribution is -2.16. The largest absolute Gasteiger partial charge is 0.497 e. The van der Waals surface area contributed by atoms with Crippen molar-refractivity contribution in [3.8, 4) is 17.0 Å². The highest BCUT2D eigenvalue weighted by Crippen LogP contribution is 2.33. The Balaban J connectivity index is 1.69. The number of nitrogens with zero attached hydrogens (tertiary/aromatic N) is 3. The SMILES string of the molecule is COc1cccc(-c2cc3c(nc(C)n3C3CCS(=O)(=O)C3)c(C(=O)Nc3ccccc3C)n2)c1. The van der Waals surface area contributed by atoms with Crippen LogP contribution in [-0.2, 0) is 9.84 Å². The Kier molecular flexibility index (Phi) is 5.80. The highest BCUT2D eigenvalue weighted by atomic mass is 32.2. The van der Waals surface area contributed by atoms with Crippen LogP contribution in [0.15, 0.2) is 54.6 Å². The third-order valence-corrected chi connectivity index (χ3v) is 8.15. The number of benzene rings is 2. The number of aryl methyl sites for hydroxylation is 2. The van der Waals surface area contributed by atoms with Crippen molar-refractivity contribution in [1.29, 1.82) is 0 Å². The zero-order valence-corrected chi connectivity index (χ0v) is 20.6. The molecule has 0 spiro atoms. The molecule has 1 N–H and O–H groups in total. The summed E-state index contributed by atoms with van der Waals surface area (Å²) in [5.41, 5.74) is 4.30. The molecule has 4 aromatic rings. The van der Waals surface area contributed by atoms with E-state index in [4.69, 9.17) is 9.72 Å². The fourth-order valence-electron chi connectivity index (χ4n) is 4.63. The van der Waals surface area contributed by atoms with Crippen LogP contribution in [0.4, 0.5) is 5.69 Å². The van der Waals surface area contributed by atoms with Crippen molar-refractivity contribution in [3.63, 3.8) is 0 Å². The number of carbonyl (C=O) groups excluding carboxylic acids is 1. The van der Waals surface area contributed by atoms with E-state index in [1.54, 1.807) is 7.11 Å². The van der Waals surface area contributed by atoms with Crippen molar-refractivity contribution in [1.82, 2.24) is 14.5 Å². The molecule has 8 nitrogen and oxygen atoms in total. The number of pyridine rings is 1. The Morgan fingerprint density at radius 3 is 2.60 bits per heavy atom. The smallest absolute Gasteiger partial charge is 0.276 e. The molecule has 1 unspecified atom stereocenters. The van der Waals surface area contributed by atoms with Crippen LogP contribution < -0.4 is 10.1 Å². The van der Waals surface area contributed by atoms with Crippen LogP contribution in [-0.4, -0.2) is 47.5 Å². The maximum Gasteiger partial charge on any atom is 0.276 e. The molecule has 1 atom stereocenters. The summed E-state index contributed by atoms with van der Waals surface area (Å²) < 4.78 is 31.8. The topological polar surface area (TPSA) is 103 Å². The molecule has 1 amide bonds. The van der Waals surface area contributed by atoms with E-state index in [-0.39, 0.29) is 29.1 Å². The number of carbonyl (C=O) groups is 1. The van der Waals surface area contributed by atoms with Gasteiger partial charge in [0.2, 0.25) is 0 Å². The minimum atomic E-state index is -3.11. The van der Waals surface area contributed by atoms with Gasteiger partial charge in [-0.15, -0.1) is 0 Å². The summed E-state index contributed by atoms with van der Waals surface area (Å²) in [6.07, 6.45) is 0.510. The molecule has 0 radical (unpaired) electrons. The second-order valence-electron chi connectivity index (χ2n) is 8.81. The number of imidazole rings is 1. The maximum atomic E-state index is 13.5. The van der Waals surface area contributed by atoms with Gasteiger partial charge < -0.3 is 14.6 Å². The normalized spacial score (nSPS) is 16.9. The van der Waals surface area contributed by atoms with E-state index in [2.05, 4.69) is 10.3 Å². The average Bonchev–Trinajstić information content (AvgIpc) is 3.37. The number of methoxy groups -OCH3 is 1. The standard InChI is InChI=1S/C26H26N4O4S/c1-16-7-4-5-10-21(16)29-26(31)25-24-23(14-22(28-25)18-8-6-9-20(13-18)34-3)30(17(2)27-24)19-11-12-35(32,33)15-19/h4-10,13-14,19H,11-12,15H2,1-3H3,(H,29,31). The Hall–Kier alpha value is -3.72. The van der Waals surface area contributed by atoms with E-state index in [9.17, 15) is 13.2 Å². The average molecular weight is 491 g/mol. The van der Waals surface area contributed by atoms with E-state index in [0.717, 1.165) is 11.1 Å². The first kappa shape index (κ1) is 23.0. The predicted octanol–water partition coefficient (Wildman–Crippen LogP) is 4.34. The van der Waals surface area contributed by atoms with Crippen molar-refractivity contribution in [2.75, 3.05) is 23.9 Å². The summed E-state index contributed by atoms with van der Waals surface area (Å²) in [4.78, 5) is 22.9. The summed E-state index contributed by atoms with van der Waals surface area (Å²) in [6, 6.07) is 16.6. The molecule has 5 rings (SSSR count). The fourth-order valence-corrected chi connectivity index (χ4v) is 6.33. The van der Waals surface area contributed by atoms with Crippen molar-refractivity contribution < 1.29 is 17.9 Å². The van der Waals surface area contributed by atoms with Crippen LogP contribution in [0.3, 0.4) is 0 Å². The summed E-state index contributed by atoms with van der Waals surface area (Å²) in [7, 11) is -1.52. The first-order valence-corrected chi connectivity index (χ1v) is 13.2. The molecule has 0 bridgehead atoms. The zero-order chi connectivity index (χ0) is 24.7. The number of para-hydroxylation sites is 1. The third-order valence-electron chi connectivity index (χ3n) is 6.40. The number of nitrogens with one attached hydrogen (secondary N) is 1. The summed E-state index contributed by atoms with van der Waals surface area (Å²) in [5, 5.41) is 2.96. The van der Waals surface area contributed by atoms with Gasteiger partial charge in [-0.3, -0.25) is 4.79 Å². The summed E-state index contributed by atoms with van der Waals surface area (Å²) >= 11 is 0. The van der Waals surface area contributed by atoms with E-state index in [1.807, 2.05) is 73.0 Å². The first-order chi connectivity index (χ1) is 16.8. The molecule has 0 aliphatic carbocycles. The molecule has 0 saturated carbocycles. The molecule has 1 aliphatic rings. The molecule has 2 aromatic heterocycles. The molecule has 1 aliphatic heterocycles. The van der Waals surface area contributed by atoms with Crippen LogP contribution in [0, 0.1) is 13.8 Å². The van der Waals surface area contributed by atoms with E-state index in [1.165, 1.54) is 0 Å². The maximum absolute atomic E-state index is 13.5. The number of rotatable bonds is 5. The van der Waals surface area contributed by atoms with Gasteiger partial charge in [0.15, 0.2) is 15.5 Å². The Labute approximate surface area is 203 Å². The number of aromatic nitrogens is 3. The first-order valence-electron chi connectivity index (χ1n) is 11.4. The molecule has 180 valence electrons. The predicted molar refractivity (Wildman–Crippen MR) is 136 cm³/mol. The summed E-state index contributed by atoms with van der Waals surface area (Å²) in [5.74, 6) is 1.14. The number of anilines is 1. The van der Waals surface area contributed by atoms with Crippen LogP contribution in [0.5, 0.6) is 5.75 Å². The minimum absolute atomic E-state index is 0.0564. The van der Waals surface area contributed by atoms with Gasteiger partial charge >= 0.3 is 0 Å². The van der Waals surface area contributed by atoms with E-state index in [0.29, 0.717) is 40.4 Å². The van der Waals surface area contributed by atoms with Crippen molar-refractivity contribution in [2.24, 2.45) is 0 Å². The second kappa shape index (κ2) is 8.81. The molecular formula is C26H26N4O4S. The number of amides is 1. The lowest BCUT2D eigenvalue weighted by molar-refractivity contribution is 0.102. The van der Waals surface area contributed by atoms with Gasteiger partial charge in [0.05, 0.1) is 35.9 Å². The molecule has 3 heterocycles. The zero-order valence-electron chi connectivity index (χ0n) is 19.8. The van der Waals surface area contributed by atoms with E-state index < -0.39 is 9.84 Å². The third kappa shape index (κ3) is 4.39.